The van der Waals surface area contributed by atoms with Gasteiger partial charge in [-0.05, 0) is 60.9 Å². The number of phenols is 1. The van der Waals surface area contributed by atoms with Crippen molar-refractivity contribution in [2.75, 3.05) is 0 Å². The quantitative estimate of drug-likeness (QED) is 0.674. The largest absolute Gasteiger partial charge is 0.507 e. The Morgan fingerprint density at radius 2 is 1.90 bits per heavy atom. The number of nitrogens with one attached hydrogen (secondary N) is 1. The maximum Gasteiger partial charge on any atom is 0.271 e. The molecule has 0 aliphatic rings. The molecule has 0 atom stereocenters. The average molecular weight is 303 g/mol. The molecule has 2 aromatic rings. The number of rotatable bonds is 3. The molecule has 2 N–H and O–H groups in total. The van der Waals surface area contributed by atoms with E-state index in [1.165, 1.54) is 6.21 Å². The van der Waals surface area contributed by atoms with E-state index in [2.05, 4.69) is 10.5 Å². The number of aromatic hydroxyl groups is 1. The zero-order valence-corrected chi connectivity index (χ0v) is 12.5. The summed E-state index contributed by atoms with van der Waals surface area (Å²) in [5.74, 6) is -0.0592. The van der Waals surface area contributed by atoms with Crippen molar-refractivity contribution in [3.8, 4) is 5.75 Å². The number of phenolic OH excluding ortho intramolecular Hbond substituents is 1. The summed E-state index contributed by atoms with van der Waals surface area (Å²) in [7, 11) is 0. The van der Waals surface area contributed by atoms with E-state index in [9.17, 15) is 9.90 Å². The average Bonchev–Trinajstić information content (AvgIpc) is 2.44. The molecule has 108 valence electrons. The molecule has 0 radical (unpaired) electrons. The monoisotopic (exact) mass is 302 g/mol. The topological polar surface area (TPSA) is 61.7 Å². The van der Waals surface area contributed by atoms with E-state index in [0.29, 0.717) is 10.6 Å². The van der Waals surface area contributed by atoms with Crippen molar-refractivity contribution in [3.05, 3.63) is 63.7 Å². The third-order valence-corrected chi connectivity index (χ3v) is 3.22. The van der Waals surface area contributed by atoms with Crippen molar-refractivity contribution >= 4 is 23.7 Å². The minimum Gasteiger partial charge on any atom is -0.507 e. The molecule has 0 spiro atoms. The van der Waals surface area contributed by atoms with Crippen LogP contribution in [0.4, 0.5) is 0 Å². The van der Waals surface area contributed by atoms with Crippen molar-refractivity contribution < 1.29 is 9.90 Å². The van der Waals surface area contributed by atoms with Crippen LogP contribution in [0.3, 0.4) is 0 Å². The Balaban J connectivity index is 2.07. The van der Waals surface area contributed by atoms with E-state index < -0.39 is 0 Å². The molecule has 0 aliphatic heterocycles. The molecular formula is C16H15ClN2O2. The first-order valence-corrected chi connectivity index (χ1v) is 6.74. The molecule has 5 heteroatoms. The Bertz CT molecular complexity index is 688. The Labute approximate surface area is 128 Å². The molecule has 0 aliphatic carbocycles. The van der Waals surface area contributed by atoms with Crippen LogP contribution in [0.2, 0.25) is 5.02 Å². The fraction of sp³-hybridized carbons (Fsp3) is 0.125. The minimum atomic E-state index is -0.332. The van der Waals surface area contributed by atoms with Gasteiger partial charge in [0.15, 0.2) is 0 Å². The number of aryl methyl sites for hydroxylation is 2. The molecule has 2 aromatic carbocycles. The number of benzene rings is 2. The lowest BCUT2D eigenvalue weighted by Gasteiger charge is -2.04. The van der Waals surface area contributed by atoms with Gasteiger partial charge < -0.3 is 5.11 Å². The lowest BCUT2D eigenvalue weighted by Crippen LogP contribution is -2.17. The van der Waals surface area contributed by atoms with Crippen LogP contribution in [0.1, 0.15) is 27.0 Å². The maximum absolute atomic E-state index is 11.9. The predicted octanol–water partition coefficient (Wildman–Crippen LogP) is 3.43. The summed E-state index contributed by atoms with van der Waals surface area (Å²) in [6.45, 7) is 3.62. The SMILES string of the molecule is Cc1cc(/C=N/NC(=O)c2cccc(Cl)c2)cc(C)c1O. The van der Waals surface area contributed by atoms with Crippen molar-refractivity contribution in [2.24, 2.45) is 5.10 Å². The van der Waals surface area contributed by atoms with E-state index >= 15 is 0 Å². The third kappa shape index (κ3) is 3.83. The lowest BCUT2D eigenvalue weighted by atomic mass is 10.1. The van der Waals surface area contributed by atoms with Crippen molar-refractivity contribution in [2.45, 2.75) is 13.8 Å². The zero-order chi connectivity index (χ0) is 15.4. The maximum atomic E-state index is 11.9. The summed E-state index contributed by atoms with van der Waals surface area (Å²) in [5, 5.41) is 14.1. The molecule has 0 bridgehead atoms. The number of carbonyl (C=O) groups excluding carboxylic acids is 1. The predicted molar refractivity (Wildman–Crippen MR) is 84.1 cm³/mol. The van der Waals surface area contributed by atoms with Crippen LogP contribution < -0.4 is 5.43 Å². The second-order valence-corrected chi connectivity index (χ2v) is 5.15. The molecular weight excluding hydrogens is 288 g/mol. The Morgan fingerprint density at radius 3 is 2.52 bits per heavy atom. The van der Waals surface area contributed by atoms with E-state index in [-0.39, 0.29) is 11.7 Å². The lowest BCUT2D eigenvalue weighted by molar-refractivity contribution is 0.0955. The van der Waals surface area contributed by atoms with E-state index in [1.807, 2.05) is 13.8 Å². The molecule has 21 heavy (non-hydrogen) atoms. The number of halogens is 1. The van der Waals surface area contributed by atoms with Gasteiger partial charge in [0, 0.05) is 10.6 Å². The first-order valence-electron chi connectivity index (χ1n) is 6.36. The summed E-state index contributed by atoms with van der Waals surface area (Å²) in [4.78, 5) is 11.9. The van der Waals surface area contributed by atoms with Gasteiger partial charge in [-0.25, -0.2) is 5.43 Å². The molecule has 1 amide bonds. The Morgan fingerprint density at radius 1 is 1.24 bits per heavy atom. The van der Waals surface area contributed by atoms with Crippen LogP contribution in [0.15, 0.2) is 41.5 Å². The highest BCUT2D eigenvalue weighted by Crippen LogP contribution is 2.21. The number of hydrazone groups is 1. The van der Waals surface area contributed by atoms with Gasteiger partial charge >= 0.3 is 0 Å². The van der Waals surface area contributed by atoms with Gasteiger partial charge in [-0.1, -0.05) is 17.7 Å². The van der Waals surface area contributed by atoms with Gasteiger partial charge in [0.2, 0.25) is 0 Å². The summed E-state index contributed by atoms with van der Waals surface area (Å²) in [6.07, 6.45) is 1.53. The fourth-order valence-electron chi connectivity index (χ4n) is 1.92. The molecule has 0 heterocycles. The van der Waals surface area contributed by atoms with Gasteiger partial charge in [0.25, 0.3) is 5.91 Å². The second kappa shape index (κ2) is 6.41. The third-order valence-electron chi connectivity index (χ3n) is 2.98. The smallest absolute Gasteiger partial charge is 0.271 e. The number of hydrogen-bond acceptors (Lipinski definition) is 3. The van der Waals surface area contributed by atoms with Crippen molar-refractivity contribution in [1.82, 2.24) is 5.43 Å². The molecule has 2 rings (SSSR count). The molecule has 0 saturated heterocycles. The van der Waals surface area contributed by atoms with Gasteiger partial charge in [-0.2, -0.15) is 5.10 Å². The number of carbonyl (C=O) groups is 1. The highest BCUT2D eigenvalue weighted by molar-refractivity contribution is 6.30. The van der Waals surface area contributed by atoms with E-state index in [1.54, 1.807) is 36.4 Å². The second-order valence-electron chi connectivity index (χ2n) is 4.71. The summed E-state index contributed by atoms with van der Waals surface area (Å²) < 4.78 is 0. The molecule has 0 fully saturated rings. The van der Waals surface area contributed by atoms with Crippen LogP contribution in [0.5, 0.6) is 5.75 Å². The molecule has 0 saturated carbocycles. The van der Waals surface area contributed by atoms with Crippen LogP contribution in [0.25, 0.3) is 0 Å². The summed E-state index contributed by atoms with van der Waals surface area (Å²) >= 11 is 5.83. The van der Waals surface area contributed by atoms with Crippen LogP contribution in [0, 0.1) is 13.8 Å². The van der Waals surface area contributed by atoms with Gasteiger partial charge in [0.1, 0.15) is 5.75 Å². The summed E-state index contributed by atoms with van der Waals surface area (Å²) in [5.41, 5.74) is 5.20. The zero-order valence-electron chi connectivity index (χ0n) is 11.7. The first-order chi connectivity index (χ1) is 9.97. The van der Waals surface area contributed by atoms with Gasteiger partial charge in [-0.3, -0.25) is 4.79 Å². The van der Waals surface area contributed by atoms with E-state index in [4.69, 9.17) is 11.6 Å². The standard InChI is InChI=1S/C16H15ClN2O2/c1-10-6-12(7-11(2)15(10)20)9-18-19-16(21)13-4-3-5-14(17)8-13/h3-9,20H,1-2H3,(H,19,21)/b18-9+. The Kier molecular flexibility index (Phi) is 4.60. The van der Waals surface area contributed by atoms with Crippen LogP contribution in [-0.2, 0) is 0 Å². The highest BCUT2D eigenvalue weighted by atomic mass is 35.5. The number of nitrogens with zero attached hydrogens (tertiary/aromatic N) is 1. The van der Waals surface area contributed by atoms with Crippen LogP contribution in [-0.4, -0.2) is 17.2 Å². The normalized spacial score (nSPS) is 10.8. The molecule has 0 aromatic heterocycles. The van der Waals surface area contributed by atoms with Gasteiger partial charge in [-0.15, -0.1) is 0 Å². The summed E-state index contributed by atoms with van der Waals surface area (Å²) in [6, 6.07) is 10.2. The molecule has 4 nitrogen and oxygen atoms in total. The minimum absolute atomic E-state index is 0.273. The van der Waals surface area contributed by atoms with Gasteiger partial charge in [0.05, 0.1) is 6.21 Å². The highest BCUT2D eigenvalue weighted by Gasteiger charge is 2.04. The fourth-order valence-corrected chi connectivity index (χ4v) is 2.11. The van der Waals surface area contributed by atoms with Crippen molar-refractivity contribution in [3.63, 3.8) is 0 Å². The van der Waals surface area contributed by atoms with E-state index in [0.717, 1.165) is 16.7 Å². The Hall–Kier alpha value is -2.33. The van der Waals surface area contributed by atoms with Crippen molar-refractivity contribution in [1.29, 1.82) is 0 Å². The number of hydrogen-bond donors (Lipinski definition) is 2. The first kappa shape index (κ1) is 15.1. The molecule has 0 unspecified atom stereocenters. The number of amides is 1. The van der Waals surface area contributed by atoms with Crippen LogP contribution >= 0.6 is 11.6 Å².